The summed E-state index contributed by atoms with van der Waals surface area (Å²) in [5.41, 5.74) is 15.0. The van der Waals surface area contributed by atoms with Crippen LogP contribution in [0.25, 0.3) is 39.0 Å². The molecule has 0 aliphatic heterocycles. The molecular formula is C47H38N2. The van der Waals surface area contributed by atoms with Crippen molar-refractivity contribution in [2.75, 3.05) is 4.90 Å². The number of hydrogen-bond acceptors (Lipinski definition) is 1. The lowest BCUT2D eigenvalue weighted by atomic mass is 9.81. The van der Waals surface area contributed by atoms with Gasteiger partial charge in [0, 0.05) is 45.0 Å². The zero-order valence-corrected chi connectivity index (χ0v) is 27.9. The first-order valence-electron chi connectivity index (χ1n) is 17.3. The molecule has 0 N–H and O–H groups in total. The summed E-state index contributed by atoms with van der Waals surface area (Å²) in [5.74, 6) is 0.384. The number of nitrogens with zero attached hydrogens (tertiary/aromatic N) is 2. The first-order valence-corrected chi connectivity index (χ1v) is 17.3. The van der Waals surface area contributed by atoms with E-state index in [0.717, 1.165) is 12.1 Å². The van der Waals surface area contributed by atoms with Gasteiger partial charge in [0.2, 0.25) is 0 Å². The second-order valence-corrected chi connectivity index (χ2v) is 13.8. The van der Waals surface area contributed by atoms with Crippen LogP contribution < -0.4 is 4.90 Å². The zero-order chi connectivity index (χ0) is 33.0. The summed E-state index contributed by atoms with van der Waals surface area (Å²) in [4.78, 5) is 2.42. The van der Waals surface area contributed by atoms with Gasteiger partial charge in [-0.1, -0.05) is 141 Å². The van der Waals surface area contributed by atoms with Crippen molar-refractivity contribution in [3.05, 3.63) is 198 Å². The molecule has 7 aromatic rings. The summed E-state index contributed by atoms with van der Waals surface area (Å²) < 4.78 is 2.49. The van der Waals surface area contributed by atoms with Gasteiger partial charge in [0.15, 0.2) is 0 Å². The molecule has 2 heteroatoms. The summed E-state index contributed by atoms with van der Waals surface area (Å²) in [6, 6.07) is 57.4. The number of allylic oxidation sites excluding steroid dienone is 3. The number of fused-ring (bicyclic) bond motifs is 5. The third-order valence-electron chi connectivity index (χ3n) is 10.5. The fourth-order valence-electron chi connectivity index (χ4n) is 8.12. The lowest BCUT2D eigenvalue weighted by Crippen LogP contribution is -2.18. The Kier molecular flexibility index (Phi) is 6.98. The van der Waals surface area contributed by atoms with Crippen molar-refractivity contribution >= 4 is 22.3 Å². The third kappa shape index (κ3) is 4.86. The molecule has 1 heterocycles. The molecule has 9 rings (SSSR count). The largest absolute Gasteiger partial charge is 0.311 e. The molecule has 49 heavy (non-hydrogen) atoms. The van der Waals surface area contributed by atoms with Crippen molar-refractivity contribution < 1.29 is 0 Å². The average Bonchev–Trinajstić information content (AvgIpc) is 3.63. The summed E-state index contributed by atoms with van der Waals surface area (Å²) in [6.07, 6.45) is 8.04. The third-order valence-corrected chi connectivity index (χ3v) is 10.5. The fourth-order valence-corrected chi connectivity index (χ4v) is 8.12. The van der Waals surface area contributed by atoms with Crippen LogP contribution in [-0.4, -0.2) is 4.57 Å². The number of rotatable bonds is 6. The minimum atomic E-state index is -0.150. The van der Waals surface area contributed by atoms with Crippen LogP contribution in [0.5, 0.6) is 0 Å². The second-order valence-electron chi connectivity index (χ2n) is 13.8. The van der Waals surface area contributed by atoms with E-state index in [-0.39, 0.29) is 5.41 Å². The molecule has 0 bridgehead atoms. The molecule has 236 valence electrons. The number of anilines is 2. The highest BCUT2D eigenvalue weighted by molar-refractivity contribution is 6.01. The quantitative estimate of drug-likeness (QED) is 0.177. The predicted octanol–water partition coefficient (Wildman–Crippen LogP) is 12.4. The van der Waals surface area contributed by atoms with E-state index in [4.69, 9.17) is 0 Å². The smallest absolute Gasteiger partial charge is 0.0585 e. The Balaban J connectivity index is 1.21. The maximum atomic E-state index is 2.49. The highest BCUT2D eigenvalue weighted by atomic mass is 15.1. The van der Waals surface area contributed by atoms with Gasteiger partial charge in [-0.25, -0.2) is 0 Å². The summed E-state index contributed by atoms with van der Waals surface area (Å²) in [7, 11) is 0. The standard InChI is InChI=1S/C47H38N2/c1-47(2)43-21-13-12-20-41(43)46-45(47)42-32-40(30-31-44(42)49(46)39-28-24-36(25-29-39)34-16-8-4-9-17-34)48(37-18-10-5-11-19-37)38-26-22-35(23-27-38)33-14-6-3-7-15-33/h3-22,24-32,35H,23H2,1-2H3. The van der Waals surface area contributed by atoms with E-state index >= 15 is 0 Å². The second kappa shape index (κ2) is 11.7. The Morgan fingerprint density at radius 1 is 0.633 bits per heavy atom. The number of hydrogen-bond donors (Lipinski definition) is 0. The van der Waals surface area contributed by atoms with Gasteiger partial charge in [0.25, 0.3) is 0 Å². The molecule has 2 aliphatic carbocycles. The van der Waals surface area contributed by atoms with Crippen LogP contribution in [0.2, 0.25) is 0 Å². The van der Waals surface area contributed by atoms with Crippen LogP contribution in [0.3, 0.4) is 0 Å². The Bertz CT molecular complexity index is 2360. The van der Waals surface area contributed by atoms with Crippen LogP contribution in [-0.2, 0) is 5.41 Å². The zero-order valence-electron chi connectivity index (χ0n) is 27.9. The van der Waals surface area contributed by atoms with Gasteiger partial charge in [-0.05, 0) is 82.8 Å². The van der Waals surface area contributed by atoms with E-state index in [1.165, 1.54) is 67.0 Å². The molecular weight excluding hydrogens is 593 g/mol. The van der Waals surface area contributed by atoms with E-state index in [1.807, 2.05) is 0 Å². The monoisotopic (exact) mass is 630 g/mol. The Morgan fingerprint density at radius 3 is 2.00 bits per heavy atom. The molecule has 0 radical (unpaired) electrons. The Hall–Kier alpha value is -5.86. The normalized spacial score (nSPS) is 15.9. The van der Waals surface area contributed by atoms with Crippen molar-refractivity contribution in [3.63, 3.8) is 0 Å². The van der Waals surface area contributed by atoms with Crippen molar-refractivity contribution in [1.29, 1.82) is 0 Å². The maximum Gasteiger partial charge on any atom is 0.0585 e. The summed E-state index contributed by atoms with van der Waals surface area (Å²) >= 11 is 0. The maximum absolute atomic E-state index is 2.49. The van der Waals surface area contributed by atoms with Gasteiger partial charge in [-0.2, -0.15) is 0 Å². The van der Waals surface area contributed by atoms with Gasteiger partial charge in [0.05, 0.1) is 11.2 Å². The lowest BCUT2D eigenvalue weighted by Gasteiger charge is -2.29. The number of aromatic nitrogens is 1. The highest BCUT2D eigenvalue weighted by Gasteiger charge is 2.40. The molecule has 6 aromatic carbocycles. The van der Waals surface area contributed by atoms with Gasteiger partial charge < -0.3 is 9.47 Å². The molecule has 2 nitrogen and oxygen atoms in total. The molecule has 1 atom stereocenters. The van der Waals surface area contributed by atoms with E-state index in [0.29, 0.717) is 5.92 Å². The summed E-state index contributed by atoms with van der Waals surface area (Å²) in [5, 5.41) is 1.30. The first-order chi connectivity index (χ1) is 24.1. The Labute approximate surface area is 288 Å². The first kappa shape index (κ1) is 29.3. The van der Waals surface area contributed by atoms with E-state index in [2.05, 4.69) is 199 Å². The minimum absolute atomic E-state index is 0.150. The van der Waals surface area contributed by atoms with Crippen LogP contribution in [0.15, 0.2) is 182 Å². The molecule has 1 unspecified atom stereocenters. The van der Waals surface area contributed by atoms with Crippen LogP contribution in [0, 0.1) is 0 Å². The van der Waals surface area contributed by atoms with E-state index in [9.17, 15) is 0 Å². The molecule has 0 fully saturated rings. The molecule has 2 aliphatic rings. The van der Waals surface area contributed by atoms with Crippen molar-refractivity contribution in [2.45, 2.75) is 31.6 Å². The lowest BCUT2D eigenvalue weighted by molar-refractivity contribution is 0.666. The van der Waals surface area contributed by atoms with Crippen molar-refractivity contribution in [3.8, 4) is 28.1 Å². The van der Waals surface area contributed by atoms with Crippen molar-refractivity contribution in [2.24, 2.45) is 0 Å². The SMILES string of the molecule is CC1(C)c2ccccc2-c2c1c1cc(N(C3=CCC(c4ccccc4)C=C3)c3ccccc3)ccc1n2-c1ccc(-c2ccccc2)cc1. The average molecular weight is 631 g/mol. The van der Waals surface area contributed by atoms with E-state index < -0.39 is 0 Å². The van der Waals surface area contributed by atoms with E-state index in [1.54, 1.807) is 0 Å². The van der Waals surface area contributed by atoms with Crippen LogP contribution in [0.4, 0.5) is 11.4 Å². The topological polar surface area (TPSA) is 8.17 Å². The van der Waals surface area contributed by atoms with Gasteiger partial charge >= 0.3 is 0 Å². The van der Waals surface area contributed by atoms with Gasteiger partial charge in [-0.3, -0.25) is 0 Å². The van der Waals surface area contributed by atoms with Gasteiger partial charge in [-0.15, -0.1) is 0 Å². The number of benzene rings is 6. The minimum Gasteiger partial charge on any atom is -0.311 e. The molecule has 0 saturated heterocycles. The van der Waals surface area contributed by atoms with Gasteiger partial charge in [0.1, 0.15) is 0 Å². The van der Waals surface area contributed by atoms with Crippen LogP contribution in [0.1, 0.15) is 42.9 Å². The molecule has 0 saturated carbocycles. The number of para-hydroxylation sites is 1. The Morgan fingerprint density at radius 2 is 1.29 bits per heavy atom. The fraction of sp³-hybridized carbons (Fsp3) is 0.106. The molecule has 1 aromatic heterocycles. The van der Waals surface area contributed by atoms with Crippen molar-refractivity contribution in [1.82, 2.24) is 4.57 Å². The molecule has 0 amide bonds. The van der Waals surface area contributed by atoms with Crippen LogP contribution >= 0.6 is 0 Å². The molecule has 0 spiro atoms. The predicted molar refractivity (Wildman–Crippen MR) is 206 cm³/mol. The highest BCUT2D eigenvalue weighted by Crippen LogP contribution is 2.54. The summed E-state index contributed by atoms with van der Waals surface area (Å²) in [6.45, 7) is 4.77.